The predicted octanol–water partition coefficient (Wildman–Crippen LogP) is 5.56. The minimum Gasteiger partial charge on any atom is -0.361 e. The molecule has 1 nitrogen and oxygen atoms in total. The van der Waals surface area contributed by atoms with E-state index >= 15 is 0 Å². The first-order valence-corrected chi connectivity index (χ1v) is 7.46. The number of hydrogen-bond donors (Lipinski definition) is 1. The van der Waals surface area contributed by atoms with Crippen molar-refractivity contribution in [2.45, 2.75) is 0 Å². The van der Waals surface area contributed by atoms with Gasteiger partial charge < -0.3 is 4.98 Å². The van der Waals surface area contributed by atoms with Crippen molar-refractivity contribution in [1.29, 1.82) is 0 Å². The van der Waals surface area contributed by atoms with Gasteiger partial charge in [-0.1, -0.05) is 48.5 Å². The molecule has 2 aromatic carbocycles. The third-order valence-electron chi connectivity index (χ3n) is 3.50. The molecule has 0 aliphatic rings. The highest BCUT2D eigenvalue weighted by atomic mass is 32.1. The molecule has 4 aromatic rings. The molecule has 20 heavy (non-hydrogen) atoms. The number of aromatic nitrogens is 1. The van der Waals surface area contributed by atoms with Crippen LogP contribution in [0.25, 0.3) is 31.8 Å². The van der Waals surface area contributed by atoms with Crippen LogP contribution in [0.1, 0.15) is 0 Å². The summed E-state index contributed by atoms with van der Waals surface area (Å²) in [5.41, 5.74) is 3.77. The molecular weight excluding hydrogens is 262 g/mol. The fourth-order valence-electron chi connectivity index (χ4n) is 2.59. The Morgan fingerprint density at radius 1 is 0.750 bits per heavy atom. The first-order chi connectivity index (χ1) is 9.93. The number of hydrogen-bond acceptors (Lipinski definition) is 1. The smallest absolute Gasteiger partial charge is 0.0475 e. The van der Waals surface area contributed by atoms with E-state index in [0.29, 0.717) is 0 Å². The van der Waals surface area contributed by atoms with Crippen LogP contribution in [-0.2, 0) is 0 Å². The number of rotatable bonds is 2. The van der Waals surface area contributed by atoms with Crippen molar-refractivity contribution in [2.75, 3.05) is 0 Å². The van der Waals surface area contributed by atoms with Crippen molar-refractivity contribution in [2.24, 2.45) is 0 Å². The zero-order chi connectivity index (χ0) is 13.4. The summed E-state index contributed by atoms with van der Waals surface area (Å²) in [6.45, 7) is 0. The van der Waals surface area contributed by atoms with Gasteiger partial charge in [0.1, 0.15) is 0 Å². The first-order valence-electron chi connectivity index (χ1n) is 6.64. The van der Waals surface area contributed by atoms with Crippen molar-refractivity contribution >= 4 is 21.4 Å². The molecule has 0 saturated carbocycles. The average molecular weight is 275 g/mol. The standard InChI is InChI=1S/C18H13NS/c1-2-7-13(8-3-1)18-17(15-10-6-12-19-15)14-9-4-5-11-16(14)20-18/h1-12,19H. The van der Waals surface area contributed by atoms with Gasteiger partial charge in [0.15, 0.2) is 0 Å². The van der Waals surface area contributed by atoms with Crippen molar-refractivity contribution < 1.29 is 0 Å². The number of nitrogens with one attached hydrogen (secondary N) is 1. The van der Waals surface area contributed by atoms with Crippen LogP contribution in [0, 0.1) is 0 Å². The van der Waals surface area contributed by atoms with E-state index in [1.165, 1.54) is 31.8 Å². The second-order valence-corrected chi connectivity index (χ2v) is 5.80. The van der Waals surface area contributed by atoms with E-state index in [-0.39, 0.29) is 0 Å². The van der Waals surface area contributed by atoms with Crippen LogP contribution in [0.3, 0.4) is 0 Å². The molecule has 0 amide bonds. The molecule has 0 atom stereocenters. The monoisotopic (exact) mass is 275 g/mol. The summed E-state index contributed by atoms with van der Waals surface area (Å²) >= 11 is 1.86. The summed E-state index contributed by atoms with van der Waals surface area (Å²) in [6, 6.07) is 23.4. The molecule has 2 aromatic heterocycles. The summed E-state index contributed by atoms with van der Waals surface area (Å²) in [4.78, 5) is 4.68. The van der Waals surface area contributed by atoms with E-state index in [9.17, 15) is 0 Å². The number of H-pyrrole nitrogens is 1. The highest BCUT2D eigenvalue weighted by Crippen LogP contribution is 2.43. The Morgan fingerprint density at radius 2 is 1.55 bits per heavy atom. The van der Waals surface area contributed by atoms with Crippen molar-refractivity contribution in [3.63, 3.8) is 0 Å². The molecule has 2 heterocycles. The Kier molecular flexibility index (Phi) is 2.68. The van der Waals surface area contributed by atoms with Crippen LogP contribution in [0.4, 0.5) is 0 Å². The third kappa shape index (κ3) is 1.77. The largest absolute Gasteiger partial charge is 0.361 e. The Labute approximate surface area is 121 Å². The Balaban J connectivity index is 2.08. The number of aromatic amines is 1. The lowest BCUT2D eigenvalue weighted by atomic mass is 10.0. The highest BCUT2D eigenvalue weighted by Gasteiger charge is 2.15. The van der Waals surface area contributed by atoms with Crippen LogP contribution < -0.4 is 0 Å². The average Bonchev–Trinajstić information content (AvgIpc) is 3.14. The van der Waals surface area contributed by atoms with E-state index in [1.54, 1.807) is 0 Å². The summed E-state index contributed by atoms with van der Waals surface area (Å²) < 4.78 is 1.33. The molecule has 0 spiro atoms. The van der Waals surface area contributed by atoms with Crippen LogP contribution in [0.15, 0.2) is 72.9 Å². The molecule has 0 aliphatic heterocycles. The number of fused-ring (bicyclic) bond motifs is 1. The molecule has 1 N–H and O–H groups in total. The van der Waals surface area contributed by atoms with Crippen LogP contribution in [0.2, 0.25) is 0 Å². The van der Waals surface area contributed by atoms with Crippen LogP contribution in [-0.4, -0.2) is 4.98 Å². The number of thiophene rings is 1. The minimum absolute atomic E-state index is 1.18. The maximum absolute atomic E-state index is 3.35. The first kappa shape index (κ1) is 11.5. The third-order valence-corrected chi connectivity index (χ3v) is 4.72. The lowest BCUT2D eigenvalue weighted by Gasteiger charge is -2.03. The molecule has 0 fully saturated rings. The van der Waals surface area contributed by atoms with E-state index in [2.05, 4.69) is 71.7 Å². The van der Waals surface area contributed by atoms with E-state index in [1.807, 2.05) is 17.5 Å². The van der Waals surface area contributed by atoms with Gasteiger partial charge in [-0.15, -0.1) is 11.3 Å². The molecule has 4 rings (SSSR count). The van der Waals surface area contributed by atoms with Crippen molar-refractivity contribution in [3.05, 3.63) is 72.9 Å². The zero-order valence-electron chi connectivity index (χ0n) is 10.8. The topological polar surface area (TPSA) is 15.8 Å². The summed E-state index contributed by atoms with van der Waals surface area (Å²) in [5, 5.41) is 1.32. The van der Waals surface area contributed by atoms with E-state index in [0.717, 1.165) is 0 Å². The van der Waals surface area contributed by atoms with Gasteiger partial charge in [0.25, 0.3) is 0 Å². The molecule has 0 radical (unpaired) electrons. The lowest BCUT2D eigenvalue weighted by molar-refractivity contribution is 1.42. The van der Waals surface area contributed by atoms with Crippen LogP contribution >= 0.6 is 11.3 Å². The van der Waals surface area contributed by atoms with Gasteiger partial charge in [0.2, 0.25) is 0 Å². The highest BCUT2D eigenvalue weighted by molar-refractivity contribution is 7.23. The van der Waals surface area contributed by atoms with Gasteiger partial charge in [-0.05, 0) is 23.8 Å². The fourth-order valence-corrected chi connectivity index (χ4v) is 3.81. The maximum Gasteiger partial charge on any atom is 0.0475 e. The Hall–Kier alpha value is -2.32. The molecule has 0 bridgehead atoms. The molecule has 0 aliphatic carbocycles. The quantitative estimate of drug-likeness (QED) is 0.492. The van der Waals surface area contributed by atoms with Gasteiger partial charge in [0, 0.05) is 32.4 Å². The summed E-state index contributed by atoms with van der Waals surface area (Å²) in [7, 11) is 0. The van der Waals surface area contributed by atoms with Gasteiger partial charge in [-0.3, -0.25) is 0 Å². The second-order valence-electron chi connectivity index (χ2n) is 4.75. The fraction of sp³-hybridized carbons (Fsp3) is 0. The Bertz CT molecular complexity index is 842. The second kappa shape index (κ2) is 4.66. The van der Waals surface area contributed by atoms with Gasteiger partial charge in [-0.2, -0.15) is 0 Å². The number of benzene rings is 2. The van der Waals surface area contributed by atoms with Crippen molar-refractivity contribution in [1.82, 2.24) is 4.98 Å². The molecule has 96 valence electrons. The van der Waals surface area contributed by atoms with Crippen LogP contribution in [0.5, 0.6) is 0 Å². The molecule has 0 unspecified atom stereocenters. The Morgan fingerprint density at radius 3 is 2.35 bits per heavy atom. The van der Waals surface area contributed by atoms with Crippen molar-refractivity contribution in [3.8, 4) is 21.7 Å². The van der Waals surface area contributed by atoms with Gasteiger partial charge in [0.05, 0.1) is 0 Å². The lowest BCUT2D eigenvalue weighted by Crippen LogP contribution is -1.79. The molecule has 2 heteroatoms. The van der Waals surface area contributed by atoms with E-state index < -0.39 is 0 Å². The predicted molar refractivity (Wildman–Crippen MR) is 87.0 cm³/mol. The maximum atomic E-state index is 3.35. The van der Waals surface area contributed by atoms with Gasteiger partial charge >= 0.3 is 0 Å². The molecule has 0 saturated heterocycles. The summed E-state index contributed by atoms with van der Waals surface area (Å²) in [6.07, 6.45) is 1.98. The SMILES string of the molecule is c1ccc(-c2sc3ccccc3c2-c2ccc[nH]2)cc1. The van der Waals surface area contributed by atoms with E-state index in [4.69, 9.17) is 0 Å². The molecular formula is C18H13NS. The zero-order valence-corrected chi connectivity index (χ0v) is 11.7. The summed E-state index contributed by atoms with van der Waals surface area (Å²) in [5.74, 6) is 0. The normalized spacial score (nSPS) is 11.0. The van der Waals surface area contributed by atoms with Gasteiger partial charge in [-0.25, -0.2) is 0 Å². The minimum atomic E-state index is 1.18.